The number of carboxylic acids is 1. The molecule has 0 spiro atoms. The summed E-state index contributed by atoms with van der Waals surface area (Å²) in [5.74, 6) is -1.15. The van der Waals surface area contributed by atoms with E-state index >= 15 is 0 Å². The second-order valence-corrected chi connectivity index (χ2v) is 4.15. The zero-order chi connectivity index (χ0) is 13.4. The van der Waals surface area contributed by atoms with E-state index in [1.165, 1.54) is 4.52 Å². The van der Waals surface area contributed by atoms with E-state index in [1.807, 2.05) is 31.2 Å². The molecule has 6 nitrogen and oxygen atoms in total. The van der Waals surface area contributed by atoms with Gasteiger partial charge in [0.1, 0.15) is 0 Å². The van der Waals surface area contributed by atoms with Crippen molar-refractivity contribution in [1.82, 2.24) is 19.6 Å². The average molecular weight is 254 g/mol. The van der Waals surface area contributed by atoms with Gasteiger partial charge < -0.3 is 5.11 Å². The molecule has 0 bridgehead atoms. The minimum Gasteiger partial charge on any atom is -0.475 e. The van der Waals surface area contributed by atoms with Gasteiger partial charge in [-0.15, -0.1) is 5.10 Å². The van der Waals surface area contributed by atoms with E-state index in [0.717, 1.165) is 16.8 Å². The minimum absolute atomic E-state index is 0.257. The molecule has 1 aromatic carbocycles. The first kappa shape index (κ1) is 11.3. The number of aromatic nitrogens is 4. The van der Waals surface area contributed by atoms with E-state index in [1.54, 1.807) is 12.3 Å². The number of fused-ring (bicyclic) bond motifs is 1. The summed E-state index contributed by atoms with van der Waals surface area (Å²) in [7, 11) is 0. The van der Waals surface area contributed by atoms with Crippen LogP contribution in [0.15, 0.2) is 36.5 Å². The van der Waals surface area contributed by atoms with Crippen LogP contribution >= 0.6 is 0 Å². The molecule has 3 aromatic rings. The molecule has 2 heterocycles. The smallest absolute Gasteiger partial charge is 0.375 e. The molecule has 0 saturated carbocycles. The maximum Gasteiger partial charge on any atom is 0.375 e. The summed E-state index contributed by atoms with van der Waals surface area (Å²) in [6.07, 6.45) is 1.59. The summed E-state index contributed by atoms with van der Waals surface area (Å²) in [4.78, 5) is 18.8. The van der Waals surface area contributed by atoms with Crippen molar-refractivity contribution < 1.29 is 9.90 Å². The molecule has 0 saturated heterocycles. The molecule has 0 fully saturated rings. The van der Waals surface area contributed by atoms with Crippen molar-refractivity contribution in [1.29, 1.82) is 0 Å². The number of nitrogens with zero attached hydrogens (tertiary/aromatic N) is 4. The largest absolute Gasteiger partial charge is 0.475 e. The summed E-state index contributed by atoms with van der Waals surface area (Å²) < 4.78 is 1.44. The van der Waals surface area contributed by atoms with Crippen LogP contribution in [0.5, 0.6) is 0 Å². The highest BCUT2D eigenvalue weighted by molar-refractivity contribution is 5.83. The normalized spacial score (nSPS) is 10.8. The molecule has 0 amide bonds. The number of aryl methyl sites for hydroxylation is 1. The molecular weight excluding hydrogens is 244 g/mol. The standard InChI is InChI=1S/C13H10N4O2/c1-8-3-2-4-9(7-8)10-5-6-14-13-15-11(12(18)19)16-17(10)13/h2-7H,1H3,(H,18,19). The lowest BCUT2D eigenvalue weighted by molar-refractivity contribution is 0.0684. The second-order valence-electron chi connectivity index (χ2n) is 4.15. The van der Waals surface area contributed by atoms with Gasteiger partial charge in [0.15, 0.2) is 0 Å². The molecule has 0 radical (unpaired) electrons. The lowest BCUT2D eigenvalue weighted by Crippen LogP contribution is -2.00. The number of hydrogen-bond acceptors (Lipinski definition) is 4. The number of hydrogen-bond donors (Lipinski definition) is 1. The van der Waals surface area contributed by atoms with E-state index in [-0.39, 0.29) is 11.6 Å². The summed E-state index contributed by atoms with van der Waals surface area (Å²) in [6.45, 7) is 1.99. The Bertz CT molecular complexity index is 779. The SMILES string of the molecule is Cc1cccc(-c2ccnc3nc(C(=O)O)nn23)c1. The Kier molecular flexibility index (Phi) is 2.49. The number of benzene rings is 1. The van der Waals surface area contributed by atoms with Crippen LogP contribution in [0.3, 0.4) is 0 Å². The van der Waals surface area contributed by atoms with Crippen LogP contribution < -0.4 is 0 Å². The molecule has 2 aromatic heterocycles. The van der Waals surface area contributed by atoms with Crippen molar-refractivity contribution in [2.24, 2.45) is 0 Å². The van der Waals surface area contributed by atoms with Gasteiger partial charge in [0.25, 0.3) is 11.6 Å². The van der Waals surface area contributed by atoms with Crippen molar-refractivity contribution in [2.75, 3.05) is 0 Å². The number of rotatable bonds is 2. The molecule has 0 aliphatic carbocycles. The molecule has 3 rings (SSSR count). The first-order chi connectivity index (χ1) is 9.15. The van der Waals surface area contributed by atoms with E-state index in [0.29, 0.717) is 0 Å². The van der Waals surface area contributed by atoms with E-state index in [9.17, 15) is 4.79 Å². The van der Waals surface area contributed by atoms with Gasteiger partial charge in [-0.1, -0.05) is 23.8 Å². The number of carboxylic acid groups (broad SMARTS) is 1. The van der Waals surface area contributed by atoms with E-state index in [4.69, 9.17) is 5.11 Å². The Hall–Kier alpha value is -2.76. The van der Waals surface area contributed by atoms with Gasteiger partial charge in [-0.2, -0.15) is 9.50 Å². The number of aromatic carboxylic acids is 1. The maximum absolute atomic E-state index is 10.9. The Balaban J connectivity index is 2.26. The van der Waals surface area contributed by atoms with Crippen LogP contribution in [0.1, 0.15) is 16.2 Å². The molecule has 0 aliphatic rings. The highest BCUT2D eigenvalue weighted by atomic mass is 16.4. The fourth-order valence-corrected chi connectivity index (χ4v) is 1.91. The van der Waals surface area contributed by atoms with Crippen molar-refractivity contribution >= 4 is 11.7 Å². The fraction of sp³-hybridized carbons (Fsp3) is 0.0769. The predicted molar refractivity (Wildman–Crippen MR) is 67.9 cm³/mol. The van der Waals surface area contributed by atoms with Crippen LogP contribution in [0.2, 0.25) is 0 Å². The van der Waals surface area contributed by atoms with Crippen molar-refractivity contribution in [2.45, 2.75) is 6.92 Å². The van der Waals surface area contributed by atoms with Crippen LogP contribution in [0.25, 0.3) is 17.0 Å². The highest BCUT2D eigenvalue weighted by Crippen LogP contribution is 2.20. The molecule has 1 N–H and O–H groups in total. The molecule has 94 valence electrons. The fourth-order valence-electron chi connectivity index (χ4n) is 1.91. The van der Waals surface area contributed by atoms with Gasteiger partial charge in [0.2, 0.25) is 0 Å². The first-order valence-corrected chi connectivity index (χ1v) is 5.67. The van der Waals surface area contributed by atoms with Crippen molar-refractivity contribution in [3.05, 3.63) is 47.9 Å². The zero-order valence-electron chi connectivity index (χ0n) is 10.1. The summed E-state index contributed by atoms with van der Waals surface area (Å²) in [5, 5.41) is 12.9. The second kappa shape index (κ2) is 4.16. The predicted octanol–water partition coefficient (Wildman–Crippen LogP) is 1.80. The Labute approximate surface area is 108 Å². The van der Waals surface area contributed by atoms with Crippen molar-refractivity contribution in [3.8, 4) is 11.3 Å². The Morgan fingerprint density at radius 1 is 1.32 bits per heavy atom. The van der Waals surface area contributed by atoms with Gasteiger partial charge >= 0.3 is 5.97 Å². The highest BCUT2D eigenvalue weighted by Gasteiger charge is 2.14. The van der Waals surface area contributed by atoms with Gasteiger partial charge in [0.05, 0.1) is 5.69 Å². The lowest BCUT2D eigenvalue weighted by atomic mass is 10.1. The van der Waals surface area contributed by atoms with Gasteiger partial charge in [-0.3, -0.25) is 0 Å². The van der Waals surface area contributed by atoms with Crippen LogP contribution in [-0.4, -0.2) is 30.7 Å². The summed E-state index contributed by atoms with van der Waals surface area (Å²) in [6, 6.07) is 9.64. The van der Waals surface area contributed by atoms with Gasteiger partial charge in [-0.25, -0.2) is 9.78 Å². The van der Waals surface area contributed by atoms with E-state index < -0.39 is 5.97 Å². The van der Waals surface area contributed by atoms with Crippen LogP contribution in [0.4, 0.5) is 0 Å². The van der Waals surface area contributed by atoms with Crippen LogP contribution in [0, 0.1) is 6.92 Å². The Morgan fingerprint density at radius 2 is 2.16 bits per heavy atom. The molecule has 6 heteroatoms. The molecule has 0 atom stereocenters. The van der Waals surface area contributed by atoms with Crippen molar-refractivity contribution in [3.63, 3.8) is 0 Å². The third-order valence-corrected chi connectivity index (χ3v) is 2.75. The topological polar surface area (TPSA) is 80.4 Å². The third-order valence-electron chi connectivity index (χ3n) is 2.75. The molecule has 19 heavy (non-hydrogen) atoms. The average Bonchev–Trinajstić information content (AvgIpc) is 2.82. The van der Waals surface area contributed by atoms with Crippen LogP contribution in [-0.2, 0) is 0 Å². The minimum atomic E-state index is -1.17. The Morgan fingerprint density at radius 3 is 2.89 bits per heavy atom. The maximum atomic E-state index is 10.9. The zero-order valence-corrected chi connectivity index (χ0v) is 10.1. The van der Waals surface area contributed by atoms with Gasteiger partial charge in [0, 0.05) is 11.8 Å². The lowest BCUT2D eigenvalue weighted by Gasteiger charge is -2.04. The first-order valence-electron chi connectivity index (χ1n) is 5.67. The van der Waals surface area contributed by atoms with E-state index in [2.05, 4.69) is 15.1 Å². The summed E-state index contributed by atoms with van der Waals surface area (Å²) in [5.41, 5.74) is 2.81. The molecule has 0 unspecified atom stereocenters. The monoisotopic (exact) mass is 254 g/mol. The quantitative estimate of drug-likeness (QED) is 0.754. The molecular formula is C13H10N4O2. The van der Waals surface area contributed by atoms with Gasteiger partial charge in [-0.05, 0) is 19.1 Å². The third kappa shape index (κ3) is 1.93. The number of carbonyl (C=O) groups is 1. The summed E-state index contributed by atoms with van der Waals surface area (Å²) >= 11 is 0. The molecule has 0 aliphatic heterocycles.